The summed E-state index contributed by atoms with van der Waals surface area (Å²) in [6.45, 7) is 3.92. The first-order valence-corrected chi connectivity index (χ1v) is 8.20. The van der Waals surface area contributed by atoms with Crippen LogP contribution in [0.15, 0.2) is 23.1 Å². The van der Waals surface area contributed by atoms with Crippen molar-refractivity contribution in [3.05, 3.63) is 29.3 Å². The first-order chi connectivity index (χ1) is 10.3. The van der Waals surface area contributed by atoms with Crippen molar-refractivity contribution in [2.24, 2.45) is 0 Å². The van der Waals surface area contributed by atoms with Gasteiger partial charge < -0.3 is 9.47 Å². The molecule has 0 bridgehead atoms. The maximum atomic E-state index is 11.8. The molecule has 0 fully saturated rings. The molecule has 0 amide bonds. The van der Waals surface area contributed by atoms with Crippen molar-refractivity contribution in [1.82, 2.24) is 0 Å². The number of esters is 2. The van der Waals surface area contributed by atoms with Gasteiger partial charge in [-0.05, 0) is 31.0 Å². The number of benzene rings is 1. The van der Waals surface area contributed by atoms with Crippen LogP contribution in [0.1, 0.15) is 47.4 Å². The van der Waals surface area contributed by atoms with Crippen molar-refractivity contribution in [2.75, 3.05) is 13.2 Å². The SMILES string of the molecule is CCCOC(=O)c1cc(C(=O)OCCC)cc(S(=O)(=O)O)c1.[CsH]. The fraction of sp³-hybridized carbons (Fsp3) is 0.429. The molecule has 0 aliphatic heterocycles. The van der Waals surface area contributed by atoms with Crippen LogP contribution in [0, 0.1) is 0 Å². The Balaban J connectivity index is 0.00000484. The van der Waals surface area contributed by atoms with Crippen molar-refractivity contribution >= 4 is 91.0 Å². The van der Waals surface area contributed by atoms with Crippen LogP contribution in [0.5, 0.6) is 0 Å². The van der Waals surface area contributed by atoms with Gasteiger partial charge in [0.1, 0.15) is 0 Å². The van der Waals surface area contributed by atoms with Crippen molar-refractivity contribution in [2.45, 2.75) is 31.6 Å². The molecule has 9 heteroatoms. The molecule has 124 valence electrons. The van der Waals surface area contributed by atoms with Gasteiger partial charge in [-0.2, -0.15) is 8.42 Å². The summed E-state index contributed by atoms with van der Waals surface area (Å²) in [6.07, 6.45) is 1.18. The van der Waals surface area contributed by atoms with Crippen LogP contribution in [-0.4, -0.2) is 107 Å². The van der Waals surface area contributed by atoms with Gasteiger partial charge in [-0.1, -0.05) is 13.8 Å². The molecular formula is C14H19CsO7S. The van der Waals surface area contributed by atoms with Gasteiger partial charge in [0, 0.05) is 0 Å². The molecule has 7 nitrogen and oxygen atoms in total. The van der Waals surface area contributed by atoms with Crippen LogP contribution in [0.4, 0.5) is 0 Å². The zero-order valence-electron chi connectivity index (χ0n) is 12.4. The number of rotatable bonds is 7. The topological polar surface area (TPSA) is 107 Å². The van der Waals surface area contributed by atoms with Crippen molar-refractivity contribution in [3.8, 4) is 0 Å². The molecule has 0 aliphatic carbocycles. The molecule has 1 rings (SSSR count). The summed E-state index contributed by atoms with van der Waals surface area (Å²) < 4.78 is 41.4. The molecule has 0 aromatic heterocycles. The Kier molecular flexibility index (Phi) is 10.9. The first kappa shape index (κ1) is 23.1. The first-order valence-electron chi connectivity index (χ1n) is 6.76. The van der Waals surface area contributed by atoms with Gasteiger partial charge in [-0.25, -0.2) is 9.59 Å². The van der Waals surface area contributed by atoms with Gasteiger partial charge in [-0.15, -0.1) is 0 Å². The number of ether oxygens (including phenoxy) is 2. The van der Waals surface area contributed by atoms with E-state index in [9.17, 15) is 18.0 Å². The minimum absolute atomic E-state index is 0. The molecule has 0 radical (unpaired) electrons. The Labute approximate surface area is 194 Å². The Morgan fingerprint density at radius 3 is 1.65 bits per heavy atom. The summed E-state index contributed by atoms with van der Waals surface area (Å²) in [5.74, 6) is -1.56. The van der Waals surface area contributed by atoms with Crippen molar-refractivity contribution in [1.29, 1.82) is 0 Å². The minimum atomic E-state index is -4.57. The third-order valence-corrected chi connectivity index (χ3v) is 3.38. The van der Waals surface area contributed by atoms with Crippen LogP contribution < -0.4 is 0 Å². The third kappa shape index (κ3) is 7.69. The van der Waals surface area contributed by atoms with E-state index in [1.807, 2.05) is 0 Å². The fourth-order valence-corrected chi connectivity index (χ4v) is 2.09. The molecule has 1 aromatic rings. The number of hydrogen-bond donors (Lipinski definition) is 1. The van der Waals surface area contributed by atoms with E-state index >= 15 is 0 Å². The summed E-state index contributed by atoms with van der Waals surface area (Å²) >= 11 is 0. The number of carbonyl (C=O) groups is 2. The van der Waals surface area contributed by atoms with Crippen LogP contribution in [-0.2, 0) is 19.6 Å². The molecule has 0 atom stereocenters. The predicted molar refractivity (Wildman–Crippen MR) is 84.6 cm³/mol. The van der Waals surface area contributed by atoms with E-state index in [2.05, 4.69) is 0 Å². The van der Waals surface area contributed by atoms with E-state index in [1.54, 1.807) is 13.8 Å². The Bertz CT molecular complexity index is 617. The summed E-state index contributed by atoms with van der Waals surface area (Å²) in [6, 6.07) is 3.07. The summed E-state index contributed by atoms with van der Waals surface area (Å²) in [5, 5.41) is 0. The summed E-state index contributed by atoms with van der Waals surface area (Å²) in [4.78, 5) is 23.1. The van der Waals surface area contributed by atoms with Gasteiger partial charge in [0.15, 0.2) is 0 Å². The van der Waals surface area contributed by atoms with Gasteiger partial charge >= 0.3 is 80.8 Å². The van der Waals surface area contributed by atoms with Gasteiger partial charge in [0.05, 0.1) is 29.2 Å². The van der Waals surface area contributed by atoms with Crippen LogP contribution in [0.25, 0.3) is 0 Å². The average molecular weight is 464 g/mol. The van der Waals surface area contributed by atoms with Crippen LogP contribution >= 0.6 is 0 Å². The van der Waals surface area contributed by atoms with Crippen molar-refractivity contribution < 1.29 is 32.0 Å². The Morgan fingerprint density at radius 2 is 1.35 bits per heavy atom. The monoisotopic (exact) mass is 464 g/mol. The molecular weight excluding hydrogens is 445 g/mol. The third-order valence-electron chi connectivity index (χ3n) is 2.55. The Hall–Kier alpha value is 0.122. The second-order valence-corrected chi connectivity index (χ2v) is 5.91. The van der Waals surface area contributed by atoms with Gasteiger partial charge in [0.25, 0.3) is 10.1 Å². The van der Waals surface area contributed by atoms with Crippen LogP contribution in [0.3, 0.4) is 0 Å². The van der Waals surface area contributed by atoms with Gasteiger partial charge in [0.2, 0.25) is 0 Å². The molecule has 0 saturated heterocycles. The van der Waals surface area contributed by atoms with E-state index in [4.69, 9.17) is 14.0 Å². The Morgan fingerprint density at radius 1 is 0.957 bits per heavy atom. The molecule has 1 aromatic carbocycles. The molecule has 0 aliphatic rings. The van der Waals surface area contributed by atoms with Crippen LogP contribution in [0.2, 0.25) is 0 Å². The molecule has 23 heavy (non-hydrogen) atoms. The molecule has 0 saturated carbocycles. The van der Waals surface area contributed by atoms with E-state index in [0.717, 1.165) is 12.1 Å². The molecule has 0 heterocycles. The van der Waals surface area contributed by atoms with E-state index in [1.165, 1.54) is 6.07 Å². The molecule has 0 unspecified atom stereocenters. The van der Waals surface area contributed by atoms with Gasteiger partial charge in [-0.3, -0.25) is 4.55 Å². The van der Waals surface area contributed by atoms with Crippen molar-refractivity contribution in [3.63, 3.8) is 0 Å². The predicted octanol–water partition coefficient (Wildman–Crippen LogP) is 1.42. The fourth-order valence-electron chi connectivity index (χ4n) is 1.54. The zero-order valence-corrected chi connectivity index (χ0v) is 13.2. The molecule has 0 spiro atoms. The summed E-state index contributed by atoms with van der Waals surface area (Å²) in [7, 11) is -4.57. The van der Waals surface area contributed by atoms with E-state index in [0.29, 0.717) is 12.8 Å². The quantitative estimate of drug-likeness (QED) is 0.481. The average Bonchev–Trinajstić information content (AvgIpc) is 2.48. The second-order valence-electron chi connectivity index (χ2n) is 4.49. The number of carbonyl (C=O) groups excluding carboxylic acids is 2. The zero-order chi connectivity index (χ0) is 16.8. The second kappa shape index (κ2) is 10.9. The van der Waals surface area contributed by atoms with E-state index < -0.39 is 27.0 Å². The summed E-state index contributed by atoms with van der Waals surface area (Å²) in [5.41, 5.74) is -0.293. The maximum absolute atomic E-state index is 11.8. The van der Waals surface area contributed by atoms with E-state index in [-0.39, 0.29) is 93.2 Å². The standard InChI is InChI=1S/C14H18O7S.Cs.H/c1-3-5-20-13(15)10-7-11(14(16)21-6-4-2)9-12(8-10)22(17,18)19;;/h7-9H,3-6H2,1-2H3,(H,17,18,19);;. The normalized spacial score (nSPS) is 10.6. The molecule has 1 N–H and O–H groups in total. The number of hydrogen-bond acceptors (Lipinski definition) is 6.